The van der Waals surface area contributed by atoms with Crippen LogP contribution in [0, 0.1) is 12.8 Å². The Hall–Kier alpha value is -1.31. The Bertz CT molecular complexity index is 645. The summed E-state index contributed by atoms with van der Waals surface area (Å²) in [5.74, 6) is 1.39. The van der Waals surface area contributed by atoms with E-state index in [2.05, 4.69) is 17.0 Å². The fourth-order valence-electron chi connectivity index (χ4n) is 2.72. The molecule has 2 aliphatic rings. The van der Waals surface area contributed by atoms with Gasteiger partial charge in [-0.1, -0.05) is 6.92 Å². The van der Waals surface area contributed by atoms with Crippen molar-refractivity contribution in [2.75, 3.05) is 19.9 Å². The summed E-state index contributed by atoms with van der Waals surface area (Å²) in [6.45, 7) is 5.56. The van der Waals surface area contributed by atoms with Gasteiger partial charge in [0.2, 0.25) is 16.8 Å². The molecule has 2 aliphatic heterocycles. The van der Waals surface area contributed by atoms with Crippen molar-refractivity contribution in [3.05, 3.63) is 17.7 Å². The van der Waals surface area contributed by atoms with E-state index in [0.29, 0.717) is 29.5 Å². The fraction of sp³-hybridized carbons (Fsp3) is 0.571. The Morgan fingerprint density at radius 3 is 2.71 bits per heavy atom. The first-order chi connectivity index (χ1) is 9.97. The maximum Gasteiger partial charge on any atom is 0.241 e. The summed E-state index contributed by atoms with van der Waals surface area (Å²) in [6.07, 6.45) is 0.966. The quantitative estimate of drug-likeness (QED) is 0.871. The summed E-state index contributed by atoms with van der Waals surface area (Å²) in [5.41, 5.74) is 0.656. The van der Waals surface area contributed by atoms with Crippen LogP contribution in [0.25, 0.3) is 0 Å². The molecule has 21 heavy (non-hydrogen) atoms. The lowest BCUT2D eigenvalue weighted by Crippen LogP contribution is -2.50. The molecule has 1 saturated heterocycles. The van der Waals surface area contributed by atoms with Gasteiger partial charge in [-0.2, -0.15) is 0 Å². The van der Waals surface area contributed by atoms with Crippen LogP contribution in [0.1, 0.15) is 18.9 Å². The Labute approximate surface area is 124 Å². The van der Waals surface area contributed by atoms with E-state index in [1.807, 2.05) is 0 Å². The molecule has 2 unspecified atom stereocenters. The molecule has 2 atom stereocenters. The van der Waals surface area contributed by atoms with E-state index in [9.17, 15) is 8.42 Å². The number of fused-ring (bicyclic) bond motifs is 1. The van der Waals surface area contributed by atoms with Gasteiger partial charge in [-0.25, -0.2) is 13.1 Å². The molecule has 3 rings (SSSR count). The van der Waals surface area contributed by atoms with Gasteiger partial charge in [0.15, 0.2) is 11.5 Å². The van der Waals surface area contributed by atoms with Gasteiger partial charge in [-0.05, 0) is 37.4 Å². The number of piperidine rings is 1. The average Bonchev–Trinajstić information content (AvgIpc) is 2.87. The Morgan fingerprint density at radius 1 is 1.29 bits per heavy atom. The topological polar surface area (TPSA) is 76.7 Å². The third-order valence-electron chi connectivity index (χ3n) is 4.09. The monoisotopic (exact) mass is 312 g/mol. The van der Waals surface area contributed by atoms with Crippen LogP contribution in [0.5, 0.6) is 11.5 Å². The third kappa shape index (κ3) is 2.86. The second-order valence-corrected chi connectivity index (χ2v) is 7.35. The highest BCUT2D eigenvalue weighted by Gasteiger charge is 2.29. The van der Waals surface area contributed by atoms with Crippen molar-refractivity contribution in [1.29, 1.82) is 0 Å². The van der Waals surface area contributed by atoms with Crippen molar-refractivity contribution in [2.24, 2.45) is 5.92 Å². The molecule has 0 spiro atoms. The minimum atomic E-state index is -3.57. The molecule has 0 saturated carbocycles. The third-order valence-corrected chi connectivity index (χ3v) is 5.73. The predicted molar refractivity (Wildman–Crippen MR) is 78.1 cm³/mol. The highest BCUT2D eigenvalue weighted by Crippen LogP contribution is 2.36. The molecule has 7 heteroatoms. The lowest BCUT2D eigenvalue weighted by Gasteiger charge is -2.30. The second-order valence-electron chi connectivity index (χ2n) is 5.67. The summed E-state index contributed by atoms with van der Waals surface area (Å²) in [4.78, 5) is 0.254. The molecule has 0 radical (unpaired) electrons. The number of benzene rings is 1. The Morgan fingerprint density at radius 2 is 2.00 bits per heavy atom. The van der Waals surface area contributed by atoms with Crippen LogP contribution in [-0.4, -0.2) is 34.3 Å². The fourth-order valence-corrected chi connectivity index (χ4v) is 4.31. The summed E-state index contributed by atoms with van der Waals surface area (Å²) in [7, 11) is -3.57. The molecular weight excluding hydrogens is 292 g/mol. The standard InChI is InChI=1S/C14H20N2O4S/c1-9-3-4-15-7-11(9)16-21(17,18)14-6-13-12(5-10(14)2)19-8-20-13/h5-6,9,11,15-16H,3-4,7-8H2,1-2H3. The van der Waals surface area contributed by atoms with Crippen LogP contribution in [0.3, 0.4) is 0 Å². The maximum atomic E-state index is 12.6. The van der Waals surface area contributed by atoms with Crippen molar-refractivity contribution >= 4 is 10.0 Å². The van der Waals surface area contributed by atoms with Crippen molar-refractivity contribution in [3.63, 3.8) is 0 Å². The predicted octanol–water partition coefficient (Wildman–Crippen LogP) is 1.00. The summed E-state index contributed by atoms with van der Waals surface area (Å²) in [5, 5.41) is 3.22. The molecular formula is C14H20N2O4S. The first-order valence-electron chi connectivity index (χ1n) is 7.10. The molecule has 0 amide bonds. The number of hydrogen-bond acceptors (Lipinski definition) is 5. The van der Waals surface area contributed by atoms with E-state index >= 15 is 0 Å². The molecule has 1 aromatic carbocycles. The normalized spacial score (nSPS) is 25.0. The number of aryl methyl sites for hydroxylation is 1. The zero-order chi connectivity index (χ0) is 15.0. The maximum absolute atomic E-state index is 12.6. The second kappa shape index (κ2) is 5.47. The van der Waals surface area contributed by atoms with Gasteiger partial charge in [0.05, 0.1) is 4.90 Å². The number of nitrogens with one attached hydrogen (secondary N) is 2. The van der Waals surface area contributed by atoms with E-state index in [-0.39, 0.29) is 17.7 Å². The highest BCUT2D eigenvalue weighted by atomic mass is 32.2. The molecule has 1 fully saturated rings. The van der Waals surface area contributed by atoms with Crippen LogP contribution < -0.4 is 19.5 Å². The number of ether oxygens (including phenoxy) is 2. The van der Waals surface area contributed by atoms with Gasteiger partial charge < -0.3 is 14.8 Å². The lowest BCUT2D eigenvalue weighted by molar-refractivity contribution is 0.174. The first kappa shape index (κ1) is 14.6. The smallest absolute Gasteiger partial charge is 0.241 e. The molecule has 2 N–H and O–H groups in total. The zero-order valence-corrected chi connectivity index (χ0v) is 13.0. The van der Waals surface area contributed by atoms with Gasteiger partial charge in [0.25, 0.3) is 0 Å². The van der Waals surface area contributed by atoms with Crippen LogP contribution in [-0.2, 0) is 10.0 Å². The van der Waals surface area contributed by atoms with Crippen molar-refractivity contribution in [1.82, 2.24) is 10.0 Å². The lowest BCUT2D eigenvalue weighted by atomic mass is 9.96. The van der Waals surface area contributed by atoms with E-state index in [4.69, 9.17) is 9.47 Å². The Balaban J connectivity index is 1.88. The van der Waals surface area contributed by atoms with Crippen LogP contribution in [0.2, 0.25) is 0 Å². The molecule has 0 aliphatic carbocycles. The summed E-state index contributed by atoms with van der Waals surface area (Å²) in [6, 6.07) is 3.16. The summed E-state index contributed by atoms with van der Waals surface area (Å²) >= 11 is 0. The van der Waals surface area contributed by atoms with E-state index < -0.39 is 10.0 Å². The average molecular weight is 312 g/mol. The first-order valence-corrected chi connectivity index (χ1v) is 8.59. The van der Waals surface area contributed by atoms with Crippen molar-refractivity contribution < 1.29 is 17.9 Å². The minimum absolute atomic E-state index is 0.0893. The Kier molecular flexibility index (Phi) is 3.81. The molecule has 0 aromatic heterocycles. The number of sulfonamides is 1. The minimum Gasteiger partial charge on any atom is -0.454 e. The van der Waals surface area contributed by atoms with Crippen LogP contribution in [0.4, 0.5) is 0 Å². The number of rotatable bonds is 3. The van der Waals surface area contributed by atoms with Crippen LogP contribution >= 0.6 is 0 Å². The van der Waals surface area contributed by atoms with Crippen molar-refractivity contribution in [2.45, 2.75) is 31.2 Å². The van der Waals surface area contributed by atoms with Gasteiger partial charge in [0, 0.05) is 18.7 Å². The molecule has 1 aromatic rings. The van der Waals surface area contributed by atoms with E-state index in [1.165, 1.54) is 0 Å². The van der Waals surface area contributed by atoms with E-state index in [0.717, 1.165) is 13.0 Å². The largest absolute Gasteiger partial charge is 0.454 e. The molecule has 2 heterocycles. The van der Waals surface area contributed by atoms with Gasteiger partial charge in [-0.15, -0.1) is 0 Å². The SMILES string of the molecule is Cc1cc2c(cc1S(=O)(=O)NC1CNCCC1C)OCO2. The highest BCUT2D eigenvalue weighted by molar-refractivity contribution is 7.89. The van der Waals surface area contributed by atoms with Gasteiger partial charge in [0.1, 0.15) is 0 Å². The van der Waals surface area contributed by atoms with Crippen molar-refractivity contribution in [3.8, 4) is 11.5 Å². The molecule has 6 nitrogen and oxygen atoms in total. The molecule has 116 valence electrons. The van der Waals surface area contributed by atoms with Gasteiger partial charge in [-0.3, -0.25) is 0 Å². The zero-order valence-electron chi connectivity index (χ0n) is 12.2. The van der Waals surface area contributed by atoms with Crippen LogP contribution in [0.15, 0.2) is 17.0 Å². The van der Waals surface area contributed by atoms with Gasteiger partial charge >= 0.3 is 0 Å². The number of hydrogen-bond donors (Lipinski definition) is 2. The summed E-state index contributed by atoms with van der Waals surface area (Å²) < 4.78 is 38.6. The van der Waals surface area contributed by atoms with E-state index in [1.54, 1.807) is 19.1 Å². The molecule has 0 bridgehead atoms.